The molecule has 5 heteroatoms. The monoisotopic (exact) mass is 297 g/mol. The Morgan fingerprint density at radius 3 is 2.32 bits per heavy atom. The molecule has 2 heterocycles. The molecule has 1 aromatic carbocycles. The molecule has 0 aliphatic carbocycles. The van der Waals surface area contributed by atoms with E-state index in [2.05, 4.69) is 69.3 Å². The number of anilines is 3. The topological polar surface area (TPSA) is 44.3 Å². The molecule has 1 saturated heterocycles. The summed E-state index contributed by atoms with van der Waals surface area (Å²) in [5.74, 6) is 1.71. The lowest BCUT2D eigenvalue weighted by molar-refractivity contribution is 0.640. The zero-order chi connectivity index (χ0) is 15.4. The van der Waals surface area contributed by atoms with E-state index in [1.807, 2.05) is 12.3 Å². The van der Waals surface area contributed by atoms with Gasteiger partial charge in [0.15, 0.2) is 0 Å². The maximum Gasteiger partial charge on any atom is 0.227 e. The molecule has 22 heavy (non-hydrogen) atoms. The van der Waals surface area contributed by atoms with E-state index in [1.165, 1.54) is 5.69 Å². The fraction of sp³-hybridized carbons (Fsp3) is 0.412. The summed E-state index contributed by atoms with van der Waals surface area (Å²) in [6, 6.07) is 12.9. The molecule has 5 nitrogen and oxygen atoms in total. The van der Waals surface area contributed by atoms with Crippen molar-refractivity contribution in [1.29, 1.82) is 0 Å². The summed E-state index contributed by atoms with van der Waals surface area (Å²) in [7, 11) is 0. The maximum absolute atomic E-state index is 4.62. The Morgan fingerprint density at radius 1 is 0.955 bits per heavy atom. The molecular formula is C17H23N5. The summed E-state index contributed by atoms with van der Waals surface area (Å²) in [4.78, 5) is 13.7. The van der Waals surface area contributed by atoms with Gasteiger partial charge in [0.1, 0.15) is 5.82 Å². The van der Waals surface area contributed by atoms with E-state index in [-0.39, 0.29) is 0 Å². The first-order chi connectivity index (χ1) is 10.7. The molecule has 1 aliphatic rings. The van der Waals surface area contributed by atoms with Crippen molar-refractivity contribution >= 4 is 17.5 Å². The van der Waals surface area contributed by atoms with Crippen molar-refractivity contribution in [3.63, 3.8) is 0 Å². The first-order valence-electron chi connectivity index (χ1n) is 7.87. The molecule has 0 atom stereocenters. The summed E-state index contributed by atoms with van der Waals surface area (Å²) in [6.45, 7) is 8.10. The van der Waals surface area contributed by atoms with E-state index in [1.54, 1.807) is 0 Å². The summed E-state index contributed by atoms with van der Waals surface area (Å²) in [5, 5.41) is 3.33. The largest absolute Gasteiger partial charge is 0.368 e. The predicted molar refractivity (Wildman–Crippen MR) is 91.7 cm³/mol. The van der Waals surface area contributed by atoms with Gasteiger partial charge in [0.2, 0.25) is 5.95 Å². The highest BCUT2D eigenvalue weighted by molar-refractivity contribution is 5.49. The van der Waals surface area contributed by atoms with Gasteiger partial charge < -0.3 is 15.1 Å². The van der Waals surface area contributed by atoms with Gasteiger partial charge in [0, 0.05) is 44.1 Å². The van der Waals surface area contributed by atoms with Crippen molar-refractivity contribution in [1.82, 2.24) is 9.97 Å². The second-order valence-electron chi connectivity index (χ2n) is 5.85. The lowest BCUT2D eigenvalue weighted by Gasteiger charge is -2.36. The second-order valence-corrected chi connectivity index (χ2v) is 5.85. The third-order valence-corrected chi connectivity index (χ3v) is 3.76. The van der Waals surface area contributed by atoms with Crippen LogP contribution >= 0.6 is 0 Å². The normalized spacial score (nSPS) is 15.2. The van der Waals surface area contributed by atoms with Crippen molar-refractivity contribution in [3.8, 4) is 0 Å². The minimum absolute atomic E-state index is 0.373. The van der Waals surface area contributed by atoms with Crippen LogP contribution in [0.5, 0.6) is 0 Å². The highest BCUT2D eigenvalue weighted by Gasteiger charge is 2.19. The van der Waals surface area contributed by atoms with Crippen LogP contribution in [-0.2, 0) is 0 Å². The number of aromatic nitrogens is 2. The van der Waals surface area contributed by atoms with E-state index in [4.69, 9.17) is 0 Å². The van der Waals surface area contributed by atoms with Gasteiger partial charge in [-0.3, -0.25) is 0 Å². The first kappa shape index (κ1) is 14.6. The minimum atomic E-state index is 0.373. The molecule has 2 aromatic rings. The van der Waals surface area contributed by atoms with Gasteiger partial charge in [0.25, 0.3) is 0 Å². The van der Waals surface area contributed by atoms with Crippen LogP contribution in [-0.4, -0.2) is 42.2 Å². The highest BCUT2D eigenvalue weighted by atomic mass is 15.3. The average molecular weight is 297 g/mol. The van der Waals surface area contributed by atoms with Crippen LogP contribution in [0.1, 0.15) is 13.8 Å². The number of nitrogens with one attached hydrogen (secondary N) is 1. The number of benzene rings is 1. The standard InChI is InChI=1S/C17H23N5/c1-14(2)19-16-8-9-18-17(20-16)22-12-10-21(11-13-22)15-6-4-3-5-7-15/h3-9,14H,10-13H2,1-2H3,(H,18,19,20). The van der Waals surface area contributed by atoms with Gasteiger partial charge >= 0.3 is 0 Å². The van der Waals surface area contributed by atoms with Gasteiger partial charge in [-0.05, 0) is 32.0 Å². The Morgan fingerprint density at radius 2 is 1.64 bits per heavy atom. The number of hydrogen-bond donors (Lipinski definition) is 1. The minimum Gasteiger partial charge on any atom is -0.368 e. The molecular weight excluding hydrogens is 274 g/mol. The fourth-order valence-electron chi connectivity index (χ4n) is 2.68. The molecule has 1 fully saturated rings. The molecule has 116 valence electrons. The Balaban J connectivity index is 1.64. The van der Waals surface area contributed by atoms with Crippen LogP contribution in [0.4, 0.5) is 17.5 Å². The SMILES string of the molecule is CC(C)Nc1ccnc(N2CCN(c3ccccc3)CC2)n1. The van der Waals surface area contributed by atoms with Crippen LogP contribution in [0, 0.1) is 0 Å². The molecule has 0 spiro atoms. The Hall–Kier alpha value is -2.30. The summed E-state index contributed by atoms with van der Waals surface area (Å²) < 4.78 is 0. The molecule has 0 amide bonds. The van der Waals surface area contributed by atoms with E-state index >= 15 is 0 Å². The van der Waals surface area contributed by atoms with Crippen molar-refractivity contribution in [2.75, 3.05) is 41.3 Å². The highest BCUT2D eigenvalue weighted by Crippen LogP contribution is 2.18. The van der Waals surface area contributed by atoms with Crippen molar-refractivity contribution in [2.24, 2.45) is 0 Å². The van der Waals surface area contributed by atoms with E-state index in [9.17, 15) is 0 Å². The number of nitrogens with zero attached hydrogens (tertiary/aromatic N) is 4. The zero-order valence-corrected chi connectivity index (χ0v) is 13.2. The van der Waals surface area contributed by atoms with Crippen LogP contribution in [0.25, 0.3) is 0 Å². The van der Waals surface area contributed by atoms with Crippen LogP contribution < -0.4 is 15.1 Å². The van der Waals surface area contributed by atoms with Crippen molar-refractivity contribution in [3.05, 3.63) is 42.6 Å². The average Bonchev–Trinajstić information content (AvgIpc) is 2.55. The zero-order valence-electron chi connectivity index (χ0n) is 13.2. The smallest absolute Gasteiger partial charge is 0.227 e. The van der Waals surface area contributed by atoms with Gasteiger partial charge in [-0.1, -0.05) is 18.2 Å². The molecule has 1 N–H and O–H groups in total. The van der Waals surface area contributed by atoms with E-state index in [0.29, 0.717) is 6.04 Å². The van der Waals surface area contributed by atoms with Crippen molar-refractivity contribution in [2.45, 2.75) is 19.9 Å². The summed E-state index contributed by atoms with van der Waals surface area (Å²) in [6.07, 6.45) is 1.83. The molecule has 0 unspecified atom stereocenters. The Kier molecular flexibility index (Phi) is 4.42. The third kappa shape index (κ3) is 3.47. The van der Waals surface area contributed by atoms with Gasteiger partial charge in [-0.15, -0.1) is 0 Å². The lowest BCUT2D eigenvalue weighted by Crippen LogP contribution is -2.47. The van der Waals surface area contributed by atoms with Crippen LogP contribution in [0.2, 0.25) is 0 Å². The fourth-order valence-corrected chi connectivity index (χ4v) is 2.68. The number of piperazine rings is 1. The van der Waals surface area contributed by atoms with Gasteiger partial charge in [-0.2, -0.15) is 4.98 Å². The molecule has 1 aromatic heterocycles. The Bertz CT molecular complexity index is 591. The second kappa shape index (κ2) is 6.64. The molecule has 0 bridgehead atoms. The first-order valence-corrected chi connectivity index (χ1v) is 7.87. The molecule has 0 saturated carbocycles. The molecule has 3 rings (SSSR count). The van der Waals surface area contributed by atoms with E-state index < -0.39 is 0 Å². The van der Waals surface area contributed by atoms with Gasteiger partial charge in [-0.25, -0.2) is 4.98 Å². The van der Waals surface area contributed by atoms with Gasteiger partial charge in [0.05, 0.1) is 0 Å². The summed E-state index contributed by atoms with van der Waals surface area (Å²) in [5.41, 5.74) is 1.29. The molecule has 0 radical (unpaired) electrons. The van der Waals surface area contributed by atoms with Crippen LogP contribution in [0.3, 0.4) is 0 Å². The lowest BCUT2D eigenvalue weighted by atomic mass is 10.2. The number of hydrogen-bond acceptors (Lipinski definition) is 5. The maximum atomic E-state index is 4.62. The molecule has 1 aliphatic heterocycles. The van der Waals surface area contributed by atoms with E-state index in [0.717, 1.165) is 37.9 Å². The van der Waals surface area contributed by atoms with Crippen molar-refractivity contribution < 1.29 is 0 Å². The Labute approximate surface area is 132 Å². The summed E-state index contributed by atoms with van der Waals surface area (Å²) >= 11 is 0. The predicted octanol–water partition coefficient (Wildman–Crippen LogP) is 2.62. The third-order valence-electron chi connectivity index (χ3n) is 3.76. The number of rotatable bonds is 4. The number of para-hydroxylation sites is 1. The quantitative estimate of drug-likeness (QED) is 0.940. The van der Waals surface area contributed by atoms with Crippen LogP contribution in [0.15, 0.2) is 42.6 Å².